The summed E-state index contributed by atoms with van der Waals surface area (Å²) >= 11 is 0. The Morgan fingerprint density at radius 3 is 2.81 bits per heavy atom. The van der Waals surface area contributed by atoms with E-state index in [4.69, 9.17) is 15.2 Å². The van der Waals surface area contributed by atoms with Gasteiger partial charge in [0.15, 0.2) is 23.9 Å². The van der Waals surface area contributed by atoms with Crippen molar-refractivity contribution >= 4 is 31.1 Å². The second-order valence-electron chi connectivity index (χ2n) is 9.01. The van der Waals surface area contributed by atoms with E-state index in [0.717, 1.165) is 6.04 Å². The lowest BCUT2D eigenvalue weighted by atomic mass is 10.1. The number of hydrogen-bond acceptors (Lipinski definition) is 9. The number of ether oxygens (including phenoxy) is 2. The predicted octanol–water partition coefficient (Wildman–Crippen LogP) is 0.994. The molecule has 32 heavy (non-hydrogen) atoms. The number of alkyl halides is 1. The molecule has 1 amide bonds. The summed E-state index contributed by atoms with van der Waals surface area (Å²) in [5, 5.41) is 22.1. The molecule has 2 aromatic rings. The molecule has 0 aromatic carbocycles. The summed E-state index contributed by atoms with van der Waals surface area (Å²) in [6, 6.07) is 0.906. The van der Waals surface area contributed by atoms with Gasteiger partial charge in [-0.1, -0.05) is 19.6 Å². The van der Waals surface area contributed by atoms with Gasteiger partial charge in [-0.25, -0.2) is 24.1 Å². The monoisotopic (exact) mass is 470 g/mol. The molecule has 13 heteroatoms. The number of anilines is 1. The molecule has 178 valence electrons. The van der Waals surface area contributed by atoms with Gasteiger partial charge in [-0.05, 0) is 12.5 Å². The number of fused-ring (bicyclic) bond motifs is 1. The number of nitrogen functional groups attached to an aromatic ring is 1. The van der Waals surface area contributed by atoms with Crippen molar-refractivity contribution in [2.24, 2.45) is 0 Å². The number of aryl methyl sites for hydroxylation is 1. The first-order valence-electron chi connectivity index (χ1n) is 10.6. The van der Waals surface area contributed by atoms with Crippen LogP contribution in [0.2, 0.25) is 25.7 Å². The summed E-state index contributed by atoms with van der Waals surface area (Å²) in [5.41, 5.74) is 6.59. The van der Waals surface area contributed by atoms with Crippen LogP contribution in [0.1, 0.15) is 18.5 Å². The first kappa shape index (κ1) is 24.3. The number of halogens is 1. The second kappa shape index (κ2) is 10.1. The van der Waals surface area contributed by atoms with E-state index in [1.54, 1.807) is 0 Å². The average Bonchev–Trinajstić information content (AvgIpc) is 3.26. The number of aromatic nitrogens is 4. The minimum absolute atomic E-state index is 0.144. The highest BCUT2D eigenvalue weighted by Crippen LogP contribution is 2.33. The molecule has 3 heterocycles. The third-order valence-corrected chi connectivity index (χ3v) is 6.87. The van der Waals surface area contributed by atoms with Crippen LogP contribution in [-0.2, 0) is 15.9 Å². The Hall–Kier alpha value is -2.35. The number of carbonyl (C=O) groups is 1. The van der Waals surface area contributed by atoms with E-state index < -0.39 is 45.4 Å². The van der Waals surface area contributed by atoms with Crippen molar-refractivity contribution in [1.82, 2.24) is 24.8 Å². The lowest BCUT2D eigenvalue weighted by Crippen LogP contribution is -2.29. The Kier molecular flexibility index (Phi) is 7.64. The molecule has 11 nitrogen and oxygen atoms in total. The number of imidazole rings is 1. The molecule has 2 aromatic heterocycles. The van der Waals surface area contributed by atoms with E-state index in [1.165, 1.54) is 10.9 Å². The first-order chi connectivity index (χ1) is 15.1. The topological polar surface area (TPSA) is 158 Å². The molecule has 5 N–H and O–H groups in total. The third-order valence-electron chi connectivity index (χ3n) is 5.17. The van der Waals surface area contributed by atoms with Crippen molar-refractivity contribution in [3.05, 3.63) is 12.2 Å². The van der Waals surface area contributed by atoms with E-state index in [9.17, 15) is 19.4 Å². The largest absolute Gasteiger partial charge is 0.450 e. The van der Waals surface area contributed by atoms with Gasteiger partial charge in [-0.2, -0.15) is 0 Å². The third kappa shape index (κ3) is 5.71. The molecule has 3 rings (SSSR count). The van der Waals surface area contributed by atoms with Crippen LogP contribution in [-0.4, -0.2) is 82.0 Å². The molecule has 1 fully saturated rings. The zero-order valence-electron chi connectivity index (χ0n) is 18.5. The van der Waals surface area contributed by atoms with E-state index in [2.05, 4.69) is 39.9 Å². The molecular formula is C19H31FN6O5Si. The van der Waals surface area contributed by atoms with Crippen LogP contribution in [0.15, 0.2) is 6.33 Å². The Balaban J connectivity index is 1.59. The van der Waals surface area contributed by atoms with Gasteiger partial charge in [0, 0.05) is 21.0 Å². The van der Waals surface area contributed by atoms with Crippen molar-refractivity contribution in [3.63, 3.8) is 0 Å². The van der Waals surface area contributed by atoms with E-state index in [-0.39, 0.29) is 5.82 Å². The smallest absolute Gasteiger partial charge is 0.407 e. The molecule has 4 atom stereocenters. The number of alkyl carbamates (subject to hydrolysis) is 1. The van der Waals surface area contributed by atoms with E-state index in [1.807, 2.05) is 0 Å². The number of hydrogen-bond donors (Lipinski definition) is 4. The molecule has 1 saturated heterocycles. The molecule has 1 aliphatic rings. The van der Waals surface area contributed by atoms with Gasteiger partial charge in [-0.3, -0.25) is 4.57 Å². The summed E-state index contributed by atoms with van der Waals surface area (Å²) in [6.07, 6.45) is -3.60. The van der Waals surface area contributed by atoms with Crippen LogP contribution in [0.4, 0.5) is 15.0 Å². The molecule has 0 aliphatic carbocycles. The van der Waals surface area contributed by atoms with Crippen molar-refractivity contribution in [1.29, 1.82) is 0 Å². The maximum atomic E-state index is 14.1. The summed E-state index contributed by atoms with van der Waals surface area (Å²) in [4.78, 5) is 24.6. The summed E-state index contributed by atoms with van der Waals surface area (Å²) in [6.45, 7) is 6.86. The van der Waals surface area contributed by atoms with Crippen LogP contribution in [0, 0.1) is 0 Å². The molecule has 0 saturated carbocycles. The highest BCUT2D eigenvalue weighted by Gasteiger charge is 2.45. The number of nitrogens with zero attached hydrogens (tertiary/aromatic N) is 4. The van der Waals surface area contributed by atoms with Crippen LogP contribution >= 0.6 is 0 Å². The molecule has 0 radical (unpaired) electrons. The van der Waals surface area contributed by atoms with Crippen molar-refractivity contribution < 1.29 is 28.9 Å². The maximum Gasteiger partial charge on any atom is 0.407 e. The minimum atomic E-state index is -1.74. The highest BCUT2D eigenvalue weighted by atomic mass is 28.3. The van der Waals surface area contributed by atoms with Gasteiger partial charge >= 0.3 is 6.09 Å². The van der Waals surface area contributed by atoms with Gasteiger partial charge in [0.1, 0.15) is 23.5 Å². The Morgan fingerprint density at radius 1 is 1.41 bits per heavy atom. The number of rotatable bonds is 9. The molecular weight excluding hydrogens is 439 g/mol. The zero-order valence-corrected chi connectivity index (χ0v) is 19.5. The lowest BCUT2D eigenvalue weighted by molar-refractivity contribution is -0.0495. The summed E-state index contributed by atoms with van der Waals surface area (Å²) in [5.74, 6) is 0.555. The molecule has 1 aliphatic heterocycles. The SMILES string of the molecule is C[Si](C)(C)CCOC(=O)NCCCc1nc(N)c2ncn([C@@H]3O[C@H](CO)[C@@H](F)[C@H]3O)c2n1. The van der Waals surface area contributed by atoms with Gasteiger partial charge in [0.05, 0.1) is 19.5 Å². The van der Waals surface area contributed by atoms with Crippen molar-refractivity contribution in [2.75, 3.05) is 25.5 Å². The fourth-order valence-corrected chi connectivity index (χ4v) is 4.02. The van der Waals surface area contributed by atoms with Gasteiger partial charge in [0.2, 0.25) is 0 Å². The Bertz CT molecular complexity index is 939. The van der Waals surface area contributed by atoms with Crippen LogP contribution in [0.3, 0.4) is 0 Å². The Labute approximate surface area is 186 Å². The number of nitrogens with two attached hydrogens (primary N) is 1. The number of amides is 1. The number of aliphatic hydroxyl groups excluding tert-OH is 2. The highest BCUT2D eigenvalue weighted by molar-refractivity contribution is 6.76. The summed E-state index contributed by atoms with van der Waals surface area (Å²) in [7, 11) is -1.26. The quantitative estimate of drug-likeness (QED) is 0.310. The van der Waals surface area contributed by atoms with Crippen LogP contribution in [0.25, 0.3) is 11.2 Å². The van der Waals surface area contributed by atoms with Crippen LogP contribution < -0.4 is 11.1 Å². The number of aliphatic hydroxyl groups is 2. The molecule has 0 bridgehead atoms. The fraction of sp³-hybridized carbons (Fsp3) is 0.684. The number of nitrogens with one attached hydrogen (secondary N) is 1. The van der Waals surface area contributed by atoms with E-state index in [0.29, 0.717) is 43.0 Å². The van der Waals surface area contributed by atoms with Crippen LogP contribution in [0.5, 0.6) is 0 Å². The maximum absolute atomic E-state index is 14.1. The van der Waals surface area contributed by atoms with Gasteiger partial charge in [-0.15, -0.1) is 0 Å². The van der Waals surface area contributed by atoms with Gasteiger partial charge in [0.25, 0.3) is 0 Å². The molecule has 0 unspecified atom stereocenters. The van der Waals surface area contributed by atoms with Crippen molar-refractivity contribution in [3.8, 4) is 0 Å². The average molecular weight is 471 g/mol. The van der Waals surface area contributed by atoms with Crippen molar-refractivity contribution in [2.45, 2.75) is 63.1 Å². The Morgan fingerprint density at radius 2 is 2.16 bits per heavy atom. The predicted molar refractivity (Wildman–Crippen MR) is 117 cm³/mol. The summed E-state index contributed by atoms with van der Waals surface area (Å²) < 4.78 is 26.1. The normalized spacial score (nSPS) is 23.6. The standard InChI is InChI=1S/C19H31FN6O5Si/c1-32(2,3)8-7-30-19(29)22-6-4-5-12-24-16(21)14-17(25-12)26(10-23-14)18-15(28)13(20)11(9-27)31-18/h10-11,13,15,18,27-28H,4-9H2,1-3H3,(H,22,29)(H2,21,24,25)/t11-,13-,15-,18-/m1/s1. The number of carbonyl (C=O) groups excluding carboxylic acids is 1. The first-order valence-corrected chi connectivity index (χ1v) is 14.3. The molecule has 0 spiro atoms. The minimum Gasteiger partial charge on any atom is -0.450 e. The zero-order chi connectivity index (χ0) is 23.5. The second-order valence-corrected chi connectivity index (χ2v) is 14.6. The fourth-order valence-electron chi connectivity index (χ4n) is 3.31. The lowest BCUT2D eigenvalue weighted by Gasteiger charge is -2.16. The van der Waals surface area contributed by atoms with E-state index >= 15 is 0 Å². The van der Waals surface area contributed by atoms with Gasteiger partial charge < -0.3 is 30.7 Å².